The van der Waals surface area contributed by atoms with Crippen LogP contribution in [-0.4, -0.2) is 23.5 Å². The molecule has 1 aromatic rings. The van der Waals surface area contributed by atoms with Crippen molar-refractivity contribution in [3.05, 3.63) is 4.88 Å². The summed E-state index contributed by atoms with van der Waals surface area (Å²) in [5.74, 6) is -0.637. The van der Waals surface area contributed by atoms with Gasteiger partial charge >= 0.3 is 5.97 Å². The highest BCUT2D eigenvalue weighted by Crippen LogP contribution is 2.25. The Bertz CT molecular complexity index is 404. The van der Waals surface area contributed by atoms with E-state index < -0.39 is 5.97 Å². The number of hydrogen-bond donors (Lipinski definition) is 3. The number of ether oxygens (including phenoxy) is 1. The molecule has 0 aromatic carbocycles. The minimum absolute atomic E-state index is 0.191. The molecule has 0 radical (unpaired) electrons. The average Bonchev–Trinajstić information content (AvgIpc) is 2.57. The number of nitrogens with two attached hydrogens (primary N) is 1. The van der Waals surface area contributed by atoms with Gasteiger partial charge in [-0.1, -0.05) is 11.3 Å². The molecular formula is C8H12N4O3S. The van der Waals surface area contributed by atoms with Gasteiger partial charge in [0.1, 0.15) is 0 Å². The third-order valence-corrected chi connectivity index (χ3v) is 2.33. The van der Waals surface area contributed by atoms with Gasteiger partial charge in [0.05, 0.1) is 6.61 Å². The number of carbonyl (C=O) groups excluding carboxylic acids is 2. The van der Waals surface area contributed by atoms with Crippen LogP contribution in [0.2, 0.25) is 0 Å². The summed E-state index contributed by atoms with van der Waals surface area (Å²) in [5, 5.41) is 0.218. The number of carbonyl (C=O) groups is 2. The zero-order chi connectivity index (χ0) is 12.1. The molecule has 0 saturated heterocycles. The molecule has 0 bridgehead atoms. The van der Waals surface area contributed by atoms with Crippen molar-refractivity contribution >= 4 is 34.2 Å². The summed E-state index contributed by atoms with van der Waals surface area (Å²) in [4.78, 5) is 26.2. The predicted octanol–water partition coefficient (Wildman–Crippen LogP) is 0.365. The molecule has 16 heavy (non-hydrogen) atoms. The minimum Gasteiger partial charge on any atom is -0.462 e. The van der Waals surface area contributed by atoms with Gasteiger partial charge in [-0.25, -0.2) is 9.78 Å². The molecular weight excluding hydrogens is 232 g/mol. The van der Waals surface area contributed by atoms with E-state index in [2.05, 4.69) is 15.8 Å². The van der Waals surface area contributed by atoms with Crippen LogP contribution in [0.3, 0.4) is 0 Å². The standard InChI is InChI=1S/C8H12N4O3S/c1-3-15-7(14)5-6(10-8(9)16-5)12-11-4(2)13/h12H,3H2,1-2H3,(H2,9,10)(H,11,13). The molecule has 0 fully saturated rings. The van der Waals surface area contributed by atoms with Crippen LogP contribution < -0.4 is 16.6 Å². The molecule has 0 unspecified atom stereocenters. The fourth-order valence-electron chi connectivity index (χ4n) is 0.904. The number of rotatable bonds is 4. The van der Waals surface area contributed by atoms with E-state index in [1.807, 2.05) is 0 Å². The second-order valence-electron chi connectivity index (χ2n) is 2.76. The lowest BCUT2D eigenvalue weighted by molar-refractivity contribution is -0.118. The molecule has 0 aliphatic heterocycles. The van der Waals surface area contributed by atoms with E-state index >= 15 is 0 Å². The summed E-state index contributed by atoms with van der Waals surface area (Å²) in [7, 11) is 0. The van der Waals surface area contributed by atoms with Gasteiger partial charge in [-0.2, -0.15) is 0 Å². The Morgan fingerprint density at radius 1 is 1.56 bits per heavy atom. The highest BCUT2D eigenvalue weighted by atomic mass is 32.1. The molecule has 0 spiro atoms. The first-order chi connectivity index (χ1) is 7.54. The SMILES string of the molecule is CCOC(=O)c1sc(N)nc1NNC(C)=O. The normalized spacial score (nSPS) is 9.62. The van der Waals surface area contributed by atoms with Crippen LogP contribution in [0.1, 0.15) is 23.5 Å². The number of hydrogen-bond acceptors (Lipinski definition) is 7. The minimum atomic E-state index is -0.524. The first kappa shape index (κ1) is 12.2. The van der Waals surface area contributed by atoms with Gasteiger partial charge in [0.25, 0.3) is 0 Å². The third-order valence-electron chi connectivity index (χ3n) is 1.46. The van der Waals surface area contributed by atoms with E-state index in [9.17, 15) is 9.59 Å². The average molecular weight is 244 g/mol. The number of thiazole rings is 1. The number of nitrogens with one attached hydrogen (secondary N) is 2. The molecule has 0 aliphatic rings. The molecule has 0 aliphatic carbocycles. The van der Waals surface area contributed by atoms with Crippen LogP contribution in [0.4, 0.5) is 10.9 Å². The van der Waals surface area contributed by atoms with Gasteiger partial charge in [0.2, 0.25) is 5.91 Å². The zero-order valence-corrected chi connectivity index (χ0v) is 9.68. The topological polar surface area (TPSA) is 106 Å². The number of esters is 1. The molecule has 8 heteroatoms. The summed E-state index contributed by atoms with van der Waals surface area (Å²) in [6.45, 7) is 3.28. The Kier molecular flexibility index (Phi) is 4.06. The second kappa shape index (κ2) is 5.31. The monoisotopic (exact) mass is 244 g/mol. The van der Waals surface area contributed by atoms with Gasteiger partial charge in [0, 0.05) is 6.92 Å². The van der Waals surface area contributed by atoms with Gasteiger partial charge in [0.15, 0.2) is 15.8 Å². The smallest absolute Gasteiger partial charge is 0.352 e. The van der Waals surface area contributed by atoms with E-state index in [-0.39, 0.29) is 28.3 Å². The number of amides is 1. The van der Waals surface area contributed by atoms with Crippen molar-refractivity contribution in [3.63, 3.8) is 0 Å². The van der Waals surface area contributed by atoms with Crippen molar-refractivity contribution in [2.24, 2.45) is 0 Å². The summed E-state index contributed by atoms with van der Waals surface area (Å²) < 4.78 is 4.81. The molecule has 1 amide bonds. The first-order valence-corrected chi connectivity index (χ1v) is 5.32. The Labute approximate surface area is 96.0 Å². The highest BCUT2D eigenvalue weighted by Gasteiger charge is 2.18. The van der Waals surface area contributed by atoms with Crippen molar-refractivity contribution in [1.29, 1.82) is 0 Å². The molecule has 0 saturated carbocycles. The van der Waals surface area contributed by atoms with Gasteiger partial charge in [-0.05, 0) is 6.92 Å². The number of anilines is 2. The van der Waals surface area contributed by atoms with E-state index in [1.165, 1.54) is 6.92 Å². The van der Waals surface area contributed by atoms with Crippen molar-refractivity contribution in [2.75, 3.05) is 17.8 Å². The fourth-order valence-corrected chi connectivity index (χ4v) is 1.59. The largest absolute Gasteiger partial charge is 0.462 e. The van der Waals surface area contributed by atoms with Crippen molar-refractivity contribution in [2.45, 2.75) is 13.8 Å². The van der Waals surface area contributed by atoms with Gasteiger partial charge in [-0.15, -0.1) is 0 Å². The van der Waals surface area contributed by atoms with Crippen LogP contribution in [0, 0.1) is 0 Å². The Balaban J connectivity index is 2.82. The van der Waals surface area contributed by atoms with Gasteiger partial charge < -0.3 is 10.5 Å². The van der Waals surface area contributed by atoms with Crippen LogP contribution in [0.15, 0.2) is 0 Å². The molecule has 1 aromatic heterocycles. The highest BCUT2D eigenvalue weighted by molar-refractivity contribution is 7.17. The number of nitrogen functional groups attached to an aromatic ring is 1. The van der Waals surface area contributed by atoms with Crippen LogP contribution in [0.5, 0.6) is 0 Å². The summed E-state index contributed by atoms with van der Waals surface area (Å²) in [6.07, 6.45) is 0. The van der Waals surface area contributed by atoms with Gasteiger partial charge in [-0.3, -0.25) is 15.6 Å². The Morgan fingerprint density at radius 3 is 2.81 bits per heavy atom. The molecule has 0 atom stereocenters. The van der Waals surface area contributed by atoms with E-state index in [4.69, 9.17) is 10.5 Å². The summed E-state index contributed by atoms with van der Waals surface area (Å²) >= 11 is 0.992. The summed E-state index contributed by atoms with van der Waals surface area (Å²) in [5.41, 5.74) is 10.3. The maximum absolute atomic E-state index is 11.5. The molecule has 88 valence electrons. The lowest BCUT2D eigenvalue weighted by Crippen LogP contribution is -2.27. The van der Waals surface area contributed by atoms with E-state index in [1.54, 1.807) is 6.92 Å². The lowest BCUT2D eigenvalue weighted by atomic mass is 10.5. The Hall–Kier alpha value is -1.83. The second-order valence-corrected chi connectivity index (χ2v) is 3.79. The van der Waals surface area contributed by atoms with E-state index in [0.717, 1.165) is 11.3 Å². The molecule has 1 heterocycles. The number of nitrogens with zero attached hydrogens (tertiary/aromatic N) is 1. The zero-order valence-electron chi connectivity index (χ0n) is 8.86. The molecule has 7 nitrogen and oxygen atoms in total. The van der Waals surface area contributed by atoms with Crippen LogP contribution in [0.25, 0.3) is 0 Å². The molecule has 1 rings (SSSR count). The van der Waals surface area contributed by atoms with Crippen molar-refractivity contribution in [1.82, 2.24) is 10.4 Å². The predicted molar refractivity (Wildman–Crippen MR) is 59.9 cm³/mol. The maximum atomic E-state index is 11.5. The quantitative estimate of drug-likeness (QED) is 0.521. The number of hydrazine groups is 1. The first-order valence-electron chi connectivity index (χ1n) is 4.50. The van der Waals surface area contributed by atoms with Crippen LogP contribution in [-0.2, 0) is 9.53 Å². The lowest BCUT2D eigenvalue weighted by Gasteiger charge is -2.04. The van der Waals surface area contributed by atoms with Crippen molar-refractivity contribution in [3.8, 4) is 0 Å². The summed E-state index contributed by atoms with van der Waals surface area (Å²) in [6, 6.07) is 0. The van der Waals surface area contributed by atoms with E-state index in [0.29, 0.717) is 0 Å². The number of aromatic nitrogens is 1. The molecule has 4 N–H and O–H groups in total. The van der Waals surface area contributed by atoms with Crippen LogP contribution >= 0.6 is 11.3 Å². The van der Waals surface area contributed by atoms with Crippen molar-refractivity contribution < 1.29 is 14.3 Å². The fraction of sp³-hybridized carbons (Fsp3) is 0.375. The Morgan fingerprint density at radius 2 is 2.25 bits per heavy atom. The maximum Gasteiger partial charge on any atom is 0.352 e. The third kappa shape index (κ3) is 3.09.